The second-order valence-corrected chi connectivity index (χ2v) is 3.58. The number of hydrogen-bond acceptors (Lipinski definition) is 3. The molecule has 2 rings (SSSR count). The molecule has 0 fully saturated rings. The fourth-order valence-electron chi connectivity index (χ4n) is 1.47. The van der Waals surface area contributed by atoms with Crippen molar-refractivity contribution in [2.75, 3.05) is 0 Å². The first-order chi connectivity index (χ1) is 7.84. The number of aromatic nitrogens is 4. The zero-order chi connectivity index (χ0) is 11.2. The minimum Gasteiger partial charge on any atom is -0.300 e. The van der Waals surface area contributed by atoms with E-state index >= 15 is 0 Å². The molecule has 0 saturated heterocycles. The summed E-state index contributed by atoms with van der Waals surface area (Å²) in [6.07, 6.45) is 8.22. The van der Waals surface area contributed by atoms with Gasteiger partial charge in [0.05, 0.1) is 0 Å². The zero-order valence-corrected chi connectivity index (χ0v) is 8.99. The van der Waals surface area contributed by atoms with E-state index in [0.29, 0.717) is 25.9 Å². The number of ketones is 1. The summed E-state index contributed by atoms with van der Waals surface area (Å²) in [4.78, 5) is 11.6. The minimum absolute atomic E-state index is 0.242. The summed E-state index contributed by atoms with van der Waals surface area (Å²) in [7, 11) is 0. The average molecular weight is 218 g/mol. The number of nitrogens with zero attached hydrogens (tertiary/aromatic N) is 4. The zero-order valence-electron chi connectivity index (χ0n) is 8.99. The molecule has 0 aliphatic rings. The van der Waals surface area contributed by atoms with Gasteiger partial charge in [-0.1, -0.05) is 0 Å². The van der Waals surface area contributed by atoms with Crippen LogP contribution in [-0.4, -0.2) is 25.3 Å². The van der Waals surface area contributed by atoms with Gasteiger partial charge in [-0.25, -0.2) is 0 Å². The average Bonchev–Trinajstić information content (AvgIpc) is 2.96. The number of carbonyl (C=O) groups is 1. The maximum absolute atomic E-state index is 11.6. The summed E-state index contributed by atoms with van der Waals surface area (Å²) in [6, 6.07) is 3.71. The number of Topliss-reactive ketones (excluding diaryl/α,β-unsaturated/α-hetero) is 1. The van der Waals surface area contributed by atoms with Crippen LogP contribution in [0.5, 0.6) is 0 Å². The summed E-state index contributed by atoms with van der Waals surface area (Å²) in [5.74, 6) is 0.242. The van der Waals surface area contributed by atoms with Crippen LogP contribution in [0.1, 0.15) is 12.8 Å². The highest BCUT2D eigenvalue weighted by Gasteiger charge is 2.03. The Morgan fingerprint density at radius 3 is 1.81 bits per heavy atom. The van der Waals surface area contributed by atoms with E-state index in [2.05, 4.69) is 10.2 Å². The molecule has 16 heavy (non-hydrogen) atoms. The van der Waals surface area contributed by atoms with Crippen molar-refractivity contribution in [2.45, 2.75) is 25.9 Å². The van der Waals surface area contributed by atoms with Crippen molar-refractivity contribution in [3.8, 4) is 0 Å². The van der Waals surface area contributed by atoms with Crippen LogP contribution in [0.4, 0.5) is 0 Å². The van der Waals surface area contributed by atoms with Gasteiger partial charge in [0.15, 0.2) is 0 Å². The van der Waals surface area contributed by atoms with Gasteiger partial charge in [-0.15, -0.1) is 0 Å². The van der Waals surface area contributed by atoms with E-state index in [1.54, 1.807) is 21.8 Å². The Hall–Kier alpha value is -1.91. The van der Waals surface area contributed by atoms with Gasteiger partial charge < -0.3 is 0 Å². The smallest absolute Gasteiger partial charge is 0.136 e. The molecule has 0 unspecified atom stereocenters. The second-order valence-electron chi connectivity index (χ2n) is 3.58. The van der Waals surface area contributed by atoms with E-state index < -0.39 is 0 Å². The third-order valence-electron chi connectivity index (χ3n) is 2.36. The second kappa shape index (κ2) is 5.25. The predicted octanol–water partition coefficient (Wildman–Crippen LogP) is 1.13. The first-order valence-corrected chi connectivity index (χ1v) is 5.31. The van der Waals surface area contributed by atoms with Gasteiger partial charge in [0, 0.05) is 50.7 Å². The molecule has 0 aliphatic heterocycles. The summed E-state index contributed by atoms with van der Waals surface area (Å²) in [6.45, 7) is 1.32. The highest BCUT2D eigenvalue weighted by Crippen LogP contribution is 1.97. The molecule has 0 amide bonds. The molecule has 5 nitrogen and oxygen atoms in total. The van der Waals surface area contributed by atoms with E-state index in [1.807, 2.05) is 24.5 Å². The standard InChI is InChI=1S/C11H14N4O/c16-11(3-9-14-7-1-5-12-14)4-10-15-8-2-6-13-15/h1-2,5-8H,3-4,9-10H2. The van der Waals surface area contributed by atoms with Crippen molar-refractivity contribution < 1.29 is 4.79 Å². The van der Waals surface area contributed by atoms with Gasteiger partial charge in [-0.05, 0) is 12.1 Å². The molecule has 2 aromatic heterocycles. The third kappa shape index (κ3) is 3.05. The Morgan fingerprint density at radius 2 is 1.44 bits per heavy atom. The van der Waals surface area contributed by atoms with Crippen LogP contribution in [0.15, 0.2) is 36.9 Å². The molecule has 0 atom stereocenters. The van der Waals surface area contributed by atoms with Crippen LogP contribution in [0.2, 0.25) is 0 Å². The highest BCUT2D eigenvalue weighted by molar-refractivity contribution is 5.78. The minimum atomic E-state index is 0.242. The van der Waals surface area contributed by atoms with Gasteiger partial charge in [0.25, 0.3) is 0 Å². The first kappa shape index (κ1) is 10.6. The monoisotopic (exact) mass is 218 g/mol. The number of hydrogen-bond donors (Lipinski definition) is 0. The third-order valence-corrected chi connectivity index (χ3v) is 2.36. The van der Waals surface area contributed by atoms with Crippen molar-refractivity contribution in [1.29, 1.82) is 0 Å². The molecular formula is C11H14N4O. The first-order valence-electron chi connectivity index (χ1n) is 5.31. The van der Waals surface area contributed by atoms with Crippen molar-refractivity contribution in [3.05, 3.63) is 36.9 Å². The van der Waals surface area contributed by atoms with Crippen molar-refractivity contribution in [1.82, 2.24) is 19.6 Å². The van der Waals surface area contributed by atoms with Crippen LogP contribution >= 0.6 is 0 Å². The van der Waals surface area contributed by atoms with Crippen molar-refractivity contribution >= 4 is 5.78 Å². The van der Waals surface area contributed by atoms with Crippen LogP contribution in [0.3, 0.4) is 0 Å². The molecule has 0 bridgehead atoms. The lowest BCUT2D eigenvalue weighted by Crippen LogP contribution is -2.09. The van der Waals surface area contributed by atoms with Crippen LogP contribution in [-0.2, 0) is 17.9 Å². The van der Waals surface area contributed by atoms with E-state index in [1.165, 1.54) is 0 Å². The summed E-state index contributed by atoms with van der Waals surface area (Å²) >= 11 is 0. The Morgan fingerprint density at radius 1 is 0.938 bits per heavy atom. The topological polar surface area (TPSA) is 52.7 Å². The molecule has 5 heteroatoms. The molecule has 0 spiro atoms. The van der Waals surface area contributed by atoms with Crippen molar-refractivity contribution in [3.63, 3.8) is 0 Å². The number of rotatable bonds is 6. The van der Waals surface area contributed by atoms with Gasteiger partial charge >= 0.3 is 0 Å². The lowest BCUT2D eigenvalue weighted by Gasteiger charge is -2.02. The lowest BCUT2D eigenvalue weighted by molar-refractivity contribution is -0.119. The van der Waals surface area contributed by atoms with E-state index in [0.717, 1.165) is 0 Å². The molecule has 0 aromatic carbocycles. The summed E-state index contributed by atoms with van der Waals surface area (Å²) < 4.78 is 3.54. The molecule has 2 aromatic rings. The van der Waals surface area contributed by atoms with Gasteiger partial charge in [-0.3, -0.25) is 14.2 Å². The quantitative estimate of drug-likeness (QED) is 0.730. The van der Waals surface area contributed by atoms with Gasteiger partial charge in [0.1, 0.15) is 5.78 Å². The fraction of sp³-hybridized carbons (Fsp3) is 0.364. The van der Waals surface area contributed by atoms with Crippen LogP contribution in [0.25, 0.3) is 0 Å². The molecule has 0 saturated carbocycles. The highest BCUT2D eigenvalue weighted by atomic mass is 16.1. The molecular weight excluding hydrogens is 204 g/mol. The molecule has 0 aliphatic carbocycles. The predicted molar refractivity (Wildman–Crippen MR) is 58.7 cm³/mol. The lowest BCUT2D eigenvalue weighted by atomic mass is 10.2. The molecule has 0 radical (unpaired) electrons. The SMILES string of the molecule is O=C(CCn1cccn1)CCn1cccn1. The summed E-state index contributed by atoms with van der Waals surface area (Å²) in [5.41, 5.74) is 0. The Labute approximate surface area is 93.7 Å². The largest absolute Gasteiger partial charge is 0.300 e. The number of aryl methyl sites for hydroxylation is 2. The van der Waals surface area contributed by atoms with Crippen LogP contribution < -0.4 is 0 Å². The van der Waals surface area contributed by atoms with Gasteiger partial charge in [0.2, 0.25) is 0 Å². The Kier molecular flexibility index (Phi) is 3.48. The van der Waals surface area contributed by atoms with Crippen LogP contribution in [0, 0.1) is 0 Å². The van der Waals surface area contributed by atoms with E-state index in [9.17, 15) is 4.79 Å². The van der Waals surface area contributed by atoms with E-state index in [-0.39, 0.29) is 5.78 Å². The molecule has 0 N–H and O–H groups in total. The van der Waals surface area contributed by atoms with Crippen molar-refractivity contribution in [2.24, 2.45) is 0 Å². The summed E-state index contributed by atoms with van der Waals surface area (Å²) in [5, 5.41) is 8.09. The van der Waals surface area contributed by atoms with Gasteiger partial charge in [-0.2, -0.15) is 10.2 Å². The maximum atomic E-state index is 11.6. The Bertz CT molecular complexity index is 379. The number of carbonyl (C=O) groups excluding carboxylic acids is 1. The molecule has 84 valence electrons. The maximum Gasteiger partial charge on any atom is 0.136 e. The van der Waals surface area contributed by atoms with E-state index in [4.69, 9.17) is 0 Å². The fourth-order valence-corrected chi connectivity index (χ4v) is 1.47. The molecule has 2 heterocycles. The Balaban J connectivity index is 1.69. The normalized spacial score (nSPS) is 10.5.